The van der Waals surface area contributed by atoms with E-state index >= 15 is 0 Å². The molecule has 3 heteroatoms. The molecule has 0 fully saturated rings. The van der Waals surface area contributed by atoms with E-state index in [0.29, 0.717) is 0 Å². The fraction of sp³-hybridized carbons (Fsp3) is 1.00. The van der Waals surface area contributed by atoms with Crippen molar-refractivity contribution in [1.82, 2.24) is 0 Å². The second-order valence-electron chi connectivity index (χ2n) is 1.46. The highest BCUT2D eigenvalue weighted by Gasteiger charge is 1.93. The van der Waals surface area contributed by atoms with Crippen LogP contribution in [0.4, 0.5) is 0 Å². The van der Waals surface area contributed by atoms with Crippen LogP contribution in [0.2, 0.25) is 0 Å². The lowest BCUT2D eigenvalue weighted by Gasteiger charge is -2.03. The van der Waals surface area contributed by atoms with Gasteiger partial charge in [0.2, 0.25) is 0 Å². The van der Waals surface area contributed by atoms with Crippen LogP contribution in [0, 0.1) is 0 Å². The molecule has 0 aromatic heterocycles. The van der Waals surface area contributed by atoms with Crippen LogP contribution in [0.3, 0.4) is 0 Å². The van der Waals surface area contributed by atoms with Crippen LogP contribution < -0.4 is 11.6 Å². The predicted molar refractivity (Wildman–Crippen MR) is 28.2 cm³/mol. The Morgan fingerprint density at radius 3 is 2.43 bits per heavy atom. The fourth-order valence-corrected chi connectivity index (χ4v) is 0.353. The van der Waals surface area contributed by atoms with Crippen LogP contribution in [0.5, 0.6) is 0 Å². The first-order chi connectivity index (χ1) is 3.31. The summed E-state index contributed by atoms with van der Waals surface area (Å²) in [6.07, 6.45) is 1.57. The molecule has 0 aromatic carbocycles. The summed E-state index contributed by atoms with van der Waals surface area (Å²) >= 11 is 0. The number of hydrogen-bond donors (Lipinski definition) is 2. The van der Waals surface area contributed by atoms with Crippen molar-refractivity contribution < 1.29 is 4.84 Å². The van der Waals surface area contributed by atoms with Crippen LogP contribution in [-0.4, -0.2) is 6.23 Å². The molecule has 0 aromatic rings. The van der Waals surface area contributed by atoms with Gasteiger partial charge < -0.3 is 5.73 Å². The van der Waals surface area contributed by atoms with Gasteiger partial charge in [-0.05, 0) is 6.42 Å². The molecule has 0 bridgehead atoms. The number of hydrogen-bond acceptors (Lipinski definition) is 3. The molecule has 0 saturated carbocycles. The van der Waals surface area contributed by atoms with Crippen molar-refractivity contribution in [3.63, 3.8) is 0 Å². The third-order valence-electron chi connectivity index (χ3n) is 0.748. The summed E-state index contributed by atoms with van der Waals surface area (Å²) in [6.45, 7) is 2.03. The van der Waals surface area contributed by atoms with E-state index in [1.54, 1.807) is 0 Å². The topological polar surface area (TPSA) is 61.3 Å². The third-order valence-corrected chi connectivity index (χ3v) is 0.748. The lowest BCUT2D eigenvalue weighted by atomic mass is 10.3. The van der Waals surface area contributed by atoms with Gasteiger partial charge in [-0.1, -0.05) is 13.3 Å². The van der Waals surface area contributed by atoms with Crippen molar-refractivity contribution in [2.75, 3.05) is 0 Å². The summed E-state index contributed by atoms with van der Waals surface area (Å²) in [4.78, 5) is 4.27. The SMILES string of the molecule is CCC[C@H](N)ON. The highest BCUT2D eigenvalue weighted by molar-refractivity contribution is 4.41. The van der Waals surface area contributed by atoms with E-state index in [0.717, 1.165) is 12.8 Å². The van der Waals surface area contributed by atoms with Gasteiger partial charge in [0.05, 0.1) is 0 Å². The minimum Gasteiger partial charge on any atom is -0.304 e. The van der Waals surface area contributed by atoms with E-state index in [-0.39, 0.29) is 6.23 Å². The van der Waals surface area contributed by atoms with Gasteiger partial charge in [-0.3, -0.25) is 4.84 Å². The van der Waals surface area contributed by atoms with Crippen LogP contribution >= 0.6 is 0 Å². The van der Waals surface area contributed by atoms with E-state index in [1.807, 2.05) is 6.92 Å². The third kappa shape index (κ3) is 3.72. The van der Waals surface area contributed by atoms with E-state index in [2.05, 4.69) is 4.84 Å². The molecule has 0 amide bonds. The molecule has 0 unspecified atom stereocenters. The maximum atomic E-state index is 5.24. The van der Waals surface area contributed by atoms with E-state index in [9.17, 15) is 0 Å². The maximum Gasteiger partial charge on any atom is 0.126 e. The normalized spacial score (nSPS) is 14.1. The minimum absolute atomic E-state index is 0.273. The van der Waals surface area contributed by atoms with Gasteiger partial charge in [0.25, 0.3) is 0 Å². The van der Waals surface area contributed by atoms with Gasteiger partial charge in [0, 0.05) is 0 Å². The Hall–Kier alpha value is -0.120. The standard InChI is InChI=1S/C4H12N2O/c1-2-3-4(5)7-6/h4H,2-3,5-6H2,1H3/t4-/m1/s1. The van der Waals surface area contributed by atoms with Crippen molar-refractivity contribution in [2.24, 2.45) is 11.6 Å². The lowest BCUT2D eigenvalue weighted by molar-refractivity contribution is 0.0516. The van der Waals surface area contributed by atoms with Gasteiger partial charge in [-0.25, -0.2) is 5.90 Å². The van der Waals surface area contributed by atoms with E-state index in [1.165, 1.54) is 0 Å². The van der Waals surface area contributed by atoms with Gasteiger partial charge in [-0.15, -0.1) is 0 Å². The fourth-order valence-electron chi connectivity index (χ4n) is 0.353. The Labute approximate surface area is 43.6 Å². The zero-order chi connectivity index (χ0) is 5.70. The van der Waals surface area contributed by atoms with Crippen LogP contribution in [0.15, 0.2) is 0 Å². The predicted octanol–water partition coefficient (Wildman–Crippen LogP) is -0.0384. The molecule has 3 nitrogen and oxygen atoms in total. The van der Waals surface area contributed by atoms with Gasteiger partial charge >= 0.3 is 0 Å². The zero-order valence-corrected chi connectivity index (χ0v) is 4.55. The summed E-state index contributed by atoms with van der Waals surface area (Å²) in [5, 5.41) is 0. The monoisotopic (exact) mass is 104 g/mol. The molecule has 0 radical (unpaired) electrons. The molecule has 0 saturated heterocycles. The van der Waals surface area contributed by atoms with E-state index < -0.39 is 0 Å². The molecule has 0 heterocycles. The average molecular weight is 104 g/mol. The van der Waals surface area contributed by atoms with E-state index in [4.69, 9.17) is 11.6 Å². The Balaban J connectivity index is 2.83. The zero-order valence-electron chi connectivity index (χ0n) is 4.55. The summed E-state index contributed by atoms with van der Waals surface area (Å²) < 4.78 is 0. The molecule has 7 heavy (non-hydrogen) atoms. The Kier molecular flexibility index (Phi) is 3.98. The maximum absolute atomic E-state index is 5.24. The van der Waals surface area contributed by atoms with Gasteiger partial charge in [-0.2, -0.15) is 0 Å². The second-order valence-corrected chi connectivity index (χ2v) is 1.46. The van der Waals surface area contributed by atoms with Crippen LogP contribution in [0.25, 0.3) is 0 Å². The van der Waals surface area contributed by atoms with Crippen molar-refractivity contribution in [3.05, 3.63) is 0 Å². The second kappa shape index (κ2) is 4.05. The minimum atomic E-state index is -0.273. The Morgan fingerprint density at radius 2 is 2.29 bits per heavy atom. The summed E-state index contributed by atoms with van der Waals surface area (Å²) in [5.74, 6) is 4.73. The number of nitrogens with two attached hydrogens (primary N) is 2. The van der Waals surface area contributed by atoms with Crippen molar-refractivity contribution in [1.29, 1.82) is 0 Å². The van der Waals surface area contributed by atoms with Crippen LogP contribution in [0.1, 0.15) is 19.8 Å². The molecule has 0 aliphatic rings. The number of rotatable bonds is 3. The van der Waals surface area contributed by atoms with Crippen LogP contribution in [-0.2, 0) is 4.84 Å². The largest absolute Gasteiger partial charge is 0.304 e. The highest BCUT2D eigenvalue weighted by Crippen LogP contribution is 1.89. The first kappa shape index (κ1) is 6.88. The summed E-state index contributed by atoms with van der Waals surface area (Å²) in [5.41, 5.74) is 5.24. The molecule has 0 spiro atoms. The lowest BCUT2D eigenvalue weighted by Crippen LogP contribution is -2.26. The van der Waals surface area contributed by atoms with Crippen molar-refractivity contribution in [3.8, 4) is 0 Å². The summed E-state index contributed by atoms with van der Waals surface area (Å²) in [6, 6.07) is 0. The smallest absolute Gasteiger partial charge is 0.126 e. The molecule has 0 rings (SSSR count). The van der Waals surface area contributed by atoms with Gasteiger partial charge in [0.1, 0.15) is 6.23 Å². The molecule has 4 N–H and O–H groups in total. The Morgan fingerprint density at radius 1 is 1.71 bits per heavy atom. The summed E-state index contributed by atoms with van der Waals surface area (Å²) in [7, 11) is 0. The first-order valence-electron chi connectivity index (χ1n) is 2.42. The van der Waals surface area contributed by atoms with Crippen molar-refractivity contribution in [2.45, 2.75) is 26.0 Å². The first-order valence-corrected chi connectivity index (χ1v) is 2.42. The Bertz CT molecular complexity index is 40.7. The van der Waals surface area contributed by atoms with Gasteiger partial charge in [0.15, 0.2) is 0 Å². The molecule has 0 aliphatic heterocycles. The molecule has 0 aliphatic carbocycles. The molecule has 44 valence electrons. The highest BCUT2D eigenvalue weighted by atomic mass is 16.6. The molecule has 1 atom stereocenters. The van der Waals surface area contributed by atoms with Crippen molar-refractivity contribution >= 4 is 0 Å². The average Bonchev–Trinajstić information content (AvgIpc) is 1.68. The molecular weight excluding hydrogens is 92.1 g/mol. The quantitative estimate of drug-likeness (QED) is 0.390. The molecular formula is C4H12N2O.